The van der Waals surface area contributed by atoms with Crippen molar-refractivity contribution in [3.8, 4) is 0 Å². The summed E-state index contributed by atoms with van der Waals surface area (Å²) in [6, 6.07) is 1.91. The quantitative estimate of drug-likeness (QED) is 0.813. The van der Waals surface area contributed by atoms with Crippen LogP contribution in [-0.2, 0) is 11.0 Å². The smallest absolute Gasteiger partial charge is 0.368 e. The van der Waals surface area contributed by atoms with Crippen molar-refractivity contribution in [3.05, 3.63) is 35.1 Å². The highest BCUT2D eigenvalue weighted by atomic mass is 19.4. The summed E-state index contributed by atoms with van der Waals surface area (Å²) in [7, 11) is 0. The van der Waals surface area contributed by atoms with E-state index < -0.39 is 29.5 Å². The van der Waals surface area contributed by atoms with Crippen LogP contribution in [-0.4, -0.2) is 11.9 Å². The fourth-order valence-electron chi connectivity index (χ4n) is 2.21. The Hall–Kier alpha value is -1.63. The van der Waals surface area contributed by atoms with Crippen LogP contribution in [0.3, 0.4) is 0 Å². The lowest BCUT2D eigenvalue weighted by atomic mass is 10.0. The molecule has 0 saturated carbocycles. The lowest BCUT2D eigenvalue weighted by molar-refractivity contribution is -0.140. The van der Waals surface area contributed by atoms with Gasteiger partial charge in [0.25, 0.3) is 0 Å². The van der Waals surface area contributed by atoms with Gasteiger partial charge in [0.05, 0.1) is 11.6 Å². The molecule has 1 aliphatic rings. The molecular weight excluding hydrogens is 264 g/mol. The van der Waals surface area contributed by atoms with Crippen molar-refractivity contribution in [2.24, 2.45) is 5.73 Å². The topological polar surface area (TPSA) is 55.1 Å². The van der Waals surface area contributed by atoms with Crippen LogP contribution in [0.2, 0.25) is 0 Å². The van der Waals surface area contributed by atoms with E-state index in [0.717, 1.165) is 6.07 Å². The standard InChI is InChI=1S/C12H12F4N2O/c13-8-5-6(1-2-7(8)12(14,15)16)9-3-4-10(18-9)11(17)19/h1-2,5,9-10,18H,3-4H2,(H2,17,19). The molecule has 104 valence electrons. The summed E-state index contributed by atoms with van der Waals surface area (Å²) in [5.74, 6) is -1.83. The molecule has 2 unspecified atom stereocenters. The van der Waals surface area contributed by atoms with E-state index in [0.29, 0.717) is 24.5 Å². The average Bonchev–Trinajstić information content (AvgIpc) is 2.76. The second kappa shape index (κ2) is 4.80. The summed E-state index contributed by atoms with van der Waals surface area (Å²) >= 11 is 0. The molecule has 2 atom stereocenters. The Morgan fingerprint density at radius 3 is 2.47 bits per heavy atom. The maximum Gasteiger partial charge on any atom is 0.419 e. The molecule has 1 aromatic carbocycles. The maximum absolute atomic E-state index is 13.4. The number of carbonyl (C=O) groups excluding carboxylic acids is 1. The molecule has 1 fully saturated rings. The Morgan fingerprint density at radius 2 is 2.00 bits per heavy atom. The summed E-state index contributed by atoms with van der Waals surface area (Å²) in [6.45, 7) is 0. The molecule has 0 bridgehead atoms. The summed E-state index contributed by atoms with van der Waals surface area (Å²) in [4.78, 5) is 11.0. The number of nitrogens with one attached hydrogen (secondary N) is 1. The Labute approximate surface area is 106 Å². The number of hydrogen-bond donors (Lipinski definition) is 2. The van der Waals surface area contributed by atoms with Crippen molar-refractivity contribution in [1.29, 1.82) is 0 Å². The summed E-state index contributed by atoms with van der Waals surface area (Å²) in [5.41, 5.74) is 4.22. The Kier molecular flexibility index (Phi) is 3.49. The fourth-order valence-corrected chi connectivity index (χ4v) is 2.21. The van der Waals surface area contributed by atoms with E-state index in [-0.39, 0.29) is 6.04 Å². The largest absolute Gasteiger partial charge is 0.419 e. The highest BCUT2D eigenvalue weighted by molar-refractivity contribution is 5.80. The number of halogens is 4. The number of nitrogens with two attached hydrogens (primary N) is 1. The molecule has 3 nitrogen and oxygen atoms in total. The molecule has 0 aromatic heterocycles. The van der Waals surface area contributed by atoms with E-state index in [4.69, 9.17) is 5.73 Å². The van der Waals surface area contributed by atoms with Gasteiger partial charge >= 0.3 is 6.18 Å². The average molecular weight is 276 g/mol. The van der Waals surface area contributed by atoms with Gasteiger partial charge < -0.3 is 5.73 Å². The van der Waals surface area contributed by atoms with Gasteiger partial charge in [-0.1, -0.05) is 6.07 Å². The summed E-state index contributed by atoms with van der Waals surface area (Å²) in [6.07, 6.45) is -3.69. The third-order valence-corrected chi connectivity index (χ3v) is 3.19. The van der Waals surface area contributed by atoms with E-state index in [1.165, 1.54) is 6.07 Å². The highest BCUT2D eigenvalue weighted by Crippen LogP contribution is 2.34. The van der Waals surface area contributed by atoms with Crippen LogP contribution in [0.25, 0.3) is 0 Å². The third-order valence-electron chi connectivity index (χ3n) is 3.19. The Morgan fingerprint density at radius 1 is 1.32 bits per heavy atom. The molecule has 1 saturated heterocycles. The van der Waals surface area contributed by atoms with Gasteiger partial charge in [0.1, 0.15) is 5.82 Å². The molecule has 1 amide bonds. The lowest BCUT2D eigenvalue weighted by Gasteiger charge is -2.15. The van der Waals surface area contributed by atoms with Crippen LogP contribution in [0.15, 0.2) is 18.2 Å². The predicted molar refractivity (Wildman–Crippen MR) is 59.5 cm³/mol. The Balaban J connectivity index is 2.20. The van der Waals surface area contributed by atoms with Gasteiger partial charge in [-0.3, -0.25) is 10.1 Å². The van der Waals surface area contributed by atoms with Gasteiger partial charge in [0, 0.05) is 6.04 Å². The number of benzene rings is 1. The van der Waals surface area contributed by atoms with Crippen molar-refractivity contribution in [2.75, 3.05) is 0 Å². The van der Waals surface area contributed by atoms with E-state index in [9.17, 15) is 22.4 Å². The number of carbonyl (C=O) groups is 1. The van der Waals surface area contributed by atoms with Crippen molar-refractivity contribution >= 4 is 5.91 Å². The number of amides is 1. The minimum Gasteiger partial charge on any atom is -0.368 e. The molecule has 7 heteroatoms. The monoisotopic (exact) mass is 276 g/mol. The SMILES string of the molecule is NC(=O)C1CCC(c2ccc(C(F)(F)F)c(F)c2)N1. The maximum atomic E-state index is 13.4. The Bertz CT molecular complexity index is 501. The second-order valence-electron chi connectivity index (χ2n) is 4.49. The molecule has 1 heterocycles. The first kappa shape index (κ1) is 13.8. The zero-order valence-electron chi connectivity index (χ0n) is 9.80. The number of alkyl halides is 3. The zero-order valence-corrected chi connectivity index (χ0v) is 9.80. The van der Waals surface area contributed by atoms with Gasteiger partial charge in [0.2, 0.25) is 5.91 Å². The third kappa shape index (κ3) is 2.86. The van der Waals surface area contributed by atoms with Crippen molar-refractivity contribution in [2.45, 2.75) is 31.1 Å². The molecule has 0 aliphatic carbocycles. The van der Waals surface area contributed by atoms with Crippen molar-refractivity contribution < 1.29 is 22.4 Å². The minimum atomic E-state index is -4.71. The van der Waals surface area contributed by atoms with Crippen LogP contribution >= 0.6 is 0 Å². The highest BCUT2D eigenvalue weighted by Gasteiger charge is 2.35. The number of primary amides is 1. The molecule has 0 spiro atoms. The normalized spacial score (nSPS) is 23.6. The second-order valence-corrected chi connectivity index (χ2v) is 4.49. The summed E-state index contributed by atoms with van der Waals surface area (Å²) in [5, 5.41) is 2.87. The first-order valence-electron chi connectivity index (χ1n) is 5.71. The molecule has 1 aromatic rings. The summed E-state index contributed by atoms with van der Waals surface area (Å²) < 4.78 is 50.6. The van der Waals surface area contributed by atoms with E-state index >= 15 is 0 Å². The molecular formula is C12H12F4N2O. The molecule has 2 rings (SSSR count). The van der Waals surface area contributed by atoms with E-state index in [2.05, 4.69) is 5.32 Å². The van der Waals surface area contributed by atoms with Gasteiger partial charge in [-0.25, -0.2) is 4.39 Å². The number of hydrogen-bond acceptors (Lipinski definition) is 2. The predicted octanol–water partition coefficient (Wildman–Crippen LogP) is 2.12. The lowest BCUT2D eigenvalue weighted by Crippen LogP contribution is -2.37. The van der Waals surface area contributed by atoms with E-state index in [1.807, 2.05) is 0 Å². The minimum absolute atomic E-state index is 0.353. The van der Waals surface area contributed by atoms with Crippen LogP contribution in [0.4, 0.5) is 17.6 Å². The van der Waals surface area contributed by atoms with E-state index in [1.54, 1.807) is 0 Å². The van der Waals surface area contributed by atoms with Crippen LogP contribution in [0.1, 0.15) is 30.0 Å². The van der Waals surface area contributed by atoms with Crippen LogP contribution in [0, 0.1) is 5.82 Å². The van der Waals surface area contributed by atoms with Crippen molar-refractivity contribution in [1.82, 2.24) is 5.32 Å². The van der Waals surface area contributed by atoms with Gasteiger partial charge in [-0.2, -0.15) is 13.2 Å². The van der Waals surface area contributed by atoms with Crippen molar-refractivity contribution in [3.63, 3.8) is 0 Å². The molecule has 0 radical (unpaired) electrons. The van der Waals surface area contributed by atoms with Gasteiger partial charge in [-0.15, -0.1) is 0 Å². The van der Waals surface area contributed by atoms with Crippen LogP contribution in [0.5, 0.6) is 0 Å². The van der Waals surface area contributed by atoms with Gasteiger partial charge in [0.15, 0.2) is 0 Å². The first-order valence-corrected chi connectivity index (χ1v) is 5.71. The molecule has 19 heavy (non-hydrogen) atoms. The van der Waals surface area contributed by atoms with Crippen LogP contribution < -0.4 is 11.1 Å². The molecule has 1 aliphatic heterocycles. The van der Waals surface area contributed by atoms with Gasteiger partial charge in [-0.05, 0) is 30.5 Å². The zero-order chi connectivity index (χ0) is 14.2. The molecule has 3 N–H and O–H groups in total. The fraction of sp³-hybridized carbons (Fsp3) is 0.417. The number of rotatable bonds is 2. The first-order chi connectivity index (χ1) is 8.79.